The summed E-state index contributed by atoms with van der Waals surface area (Å²) < 4.78 is 38.2. The van der Waals surface area contributed by atoms with E-state index in [0.29, 0.717) is 11.8 Å². The molecule has 1 saturated carbocycles. The summed E-state index contributed by atoms with van der Waals surface area (Å²) in [4.78, 5) is 42.1. The van der Waals surface area contributed by atoms with Crippen molar-refractivity contribution in [2.45, 2.75) is 122 Å². The van der Waals surface area contributed by atoms with Gasteiger partial charge in [0, 0.05) is 69.3 Å². The molecule has 2 N–H and O–H groups in total. The molecule has 1 aromatic rings. The molecular weight excluding hydrogens is 603 g/mol. The lowest BCUT2D eigenvalue weighted by molar-refractivity contribution is -0.192. The number of alkyl halides is 3. The molecule has 1 aliphatic carbocycles. The van der Waals surface area contributed by atoms with Crippen molar-refractivity contribution in [1.82, 2.24) is 24.9 Å². The summed E-state index contributed by atoms with van der Waals surface area (Å²) in [6, 6.07) is 0. The number of carbonyl (C=O) groups excluding carboxylic acids is 2. The van der Waals surface area contributed by atoms with Crippen LogP contribution in [0.3, 0.4) is 0 Å². The molecule has 4 heterocycles. The first kappa shape index (κ1) is 36.0. The smallest absolute Gasteiger partial charge is 0.475 e. The van der Waals surface area contributed by atoms with Gasteiger partial charge in [-0.15, -0.1) is 0 Å². The first-order valence-corrected chi connectivity index (χ1v) is 17.0. The second-order valence-corrected chi connectivity index (χ2v) is 14.1. The van der Waals surface area contributed by atoms with Crippen LogP contribution in [0.1, 0.15) is 113 Å². The number of hydrogen-bond acceptors (Lipinski definition) is 6. The highest BCUT2D eigenvalue weighted by Gasteiger charge is 2.51. The first-order chi connectivity index (χ1) is 21.7. The van der Waals surface area contributed by atoms with E-state index in [1.165, 1.54) is 44.9 Å². The highest BCUT2D eigenvalue weighted by atomic mass is 19.4. The Morgan fingerprint density at radius 3 is 2.17 bits per heavy atom. The number of unbranched alkanes of at least 4 members (excludes halogenated alkanes) is 1. The fourth-order valence-electron chi connectivity index (χ4n) is 7.93. The van der Waals surface area contributed by atoms with Crippen molar-refractivity contribution in [1.29, 1.82) is 0 Å². The Hall–Kier alpha value is -2.83. The molecule has 3 saturated heterocycles. The Bertz CT molecular complexity index is 1180. The van der Waals surface area contributed by atoms with Gasteiger partial charge < -0.3 is 19.6 Å². The maximum atomic E-state index is 13.3. The molecular formula is C33H52F3N5O5. The predicted molar refractivity (Wildman–Crippen MR) is 166 cm³/mol. The van der Waals surface area contributed by atoms with Gasteiger partial charge in [0.05, 0.1) is 11.3 Å². The van der Waals surface area contributed by atoms with E-state index in [4.69, 9.17) is 14.6 Å². The van der Waals surface area contributed by atoms with Crippen LogP contribution in [-0.2, 0) is 9.53 Å². The number of rotatable bonds is 7. The van der Waals surface area contributed by atoms with E-state index in [2.05, 4.69) is 33.8 Å². The molecule has 3 aliphatic heterocycles. The number of halogens is 3. The Morgan fingerprint density at radius 1 is 1.04 bits per heavy atom. The number of carbonyl (C=O) groups is 3. The molecule has 1 unspecified atom stereocenters. The second-order valence-electron chi connectivity index (χ2n) is 14.1. The van der Waals surface area contributed by atoms with Crippen LogP contribution < -0.4 is 0 Å². The van der Waals surface area contributed by atoms with E-state index in [0.717, 1.165) is 88.3 Å². The number of aromatic amines is 1. The molecule has 0 radical (unpaired) electrons. The quantitative estimate of drug-likeness (QED) is 0.353. The van der Waals surface area contributed by atoms with Crippen LogP contribution in [0.4, 0.5) is 18.0 Å². The molecule has 13 heteroatoms. The van der Waals surface area contributed by atoms with Crippen molar-refractivity contribution in [3.05, 3.63) is 17.0 Å². The van der Waals surface area contributed by atoms with Crippen LogP contribution in [0.25, 0.3) is 0 Å². The third kappa shape index (κ3) is 8.36. The van der Waals surface area contributed by atoms with E-state index in [-0.39, 0.29) is 23.1 Å². The van der Waals surface area contributed by atoms with Crippen LogP contribution in [0, 0.1) is 25.7 Å². The molecule has 46 heavy (non-hydrogen) atoms. The lowest BCUT2D eigenvalue weighted by atomic mass is 9.74. The summed E-state index contributed by atoms with van der Waals surface area (Å²) in [6.07, 6.45) is 8.63. The zero-order valence-corrected chi connectivity index (χ0v) is 27.9. The normalized spacial score (nSPS) is 23.9. The molecule has 10 nitrogen and oxygen atoms in total. The first-order valence-electron chi connectivity index (χ1n) is 17.0. The van der Waals surface area contributed by atoms with Gasteiger partial charge in [0.2, 0.25) is 0 Å². The fraction of sp³-hybridized carbons (Fsp3) is 0.818. The number of nitrogens with one attached hydrogen (secondary N) is 1. The number of carboxylic acids is 1. The molecule has 4 fully saturated rings. The average Bonchev–Trinajstić information content (AvgIpc) is 3.36. The Morgan fingerprint density at radius 2 is 1.65 bits per heavy atom. The van der Waals surface area contributed by atoms with Gasteiger partial charge in [-0.25, -0.2) is 9.59 Å². The number of amides is 2. The number of piperidine rings is 2. The summed E-state index contributed by atoms with van der Waals surface area (Å²) in [5.41, 5.74) is 2.13. The Kier molecular flexibility index (Phi) is 11.7. The number of aryl methyl sites for hydroxylation is 2. The highest BCUT2D eigenvalue weighted by molar-refractivity contribution is 5.96. The number of aliphatic carboxylic acids is 1. The van der Waals surface area contributed by atoms with Crippen molar-refractivity contribution in [2.24, 2.45) is 11.8 Å². The number of ether oxygens (including phenoxy) is 1. The van der Waals surface area contributed by atoms with Gasteiger partial charge >= 0.3 is 18.2 Å². The van der Waals surface area contributed by atoms with Crippen LogP contribution in [-0.4, -0.2) is 105 Å². The second kappa shape index (κ2) is 14.9. The van der Waals surface area contributed by atoms with Crippen molar-refractivity contribution in [3.63, 3.8) is 0 Å². The van der Waals surface area contributed by atoms with Crippen molar-refractivity contribution >= 4 is 18.0 Å². The number of carboxylic acid groups (broad SMARTS) is 1. The zero-order valence-electron chi connectivity index (χ0n) is 27.9. The maximum Gasteiger partial charge on any atom is 0.490 e. The van der Waals surface area contributed by atoms with E-state index in [1.807, 2.05) is 18.7 Å². The van der Waals surface area contributed by atoms with E-state index < -0.39 is 12.1 Å². The topological polar surface area (TPSA) is 119 Å². The van der Waals surface area contributed by atoms with Gasteiger partial charge in [-0.3, -0.25) is 14.8 Å². The molecule has 1 atom stereocenters. The maximum absolute atomic E-state index is 13.3. The van der Waals surface area contributed by atoms with Crippen molar-refractivity contribution in [3.8, 4) is 0 Å². The SMILES string of the molecule is CCCCC1CN(CC2CCCCC2)C(=O)OC12CCN(C1(C)CCN(C(=O)c3c(C)n[nH]c3C)CC1)CC2.O=C(O)C(F)(F)F. The summed E-state index contributed by atoms with van der Waals surface area (Å²) in [6.45, 7) is 13.7. The van der Waals surface area contributed by atoms with Crippen LogP contribution in [0.5, 0.6) is 0 Å². The molecule has 0 aromatic carbocycles. The minimum absolute atomic E-state index is 0.0652. The molecule has 1 aromatic heterocycles. The third-order valence-electron chi connectivity index (χ3n) is 10.9. The highest BCUT2D eigenvalue weighted by Crippen LogP contribution is 2.43. The van der Waals surface area contributed by atoms with E-state index in [1.54, 1.807) is 0 Å². The molecule has 4 aliphatic rings. The van der Waals surface area contributed by atoms with Gasteiger partial charge in [-0.05, 0) is 58.8 Å². The van der Waals surface area contributed by atoms with Crippen LogP contribution >= 0.6 is 0 Å². The lowest BCUT2D eigenvalue weighted by Gasteiger charge is -2.55. The van der Waals surface area contributed by atoms with Crippen LogP contribution in [0.2, 0.25) is 0 Å². The summed E-state index contributed by atoms with van der Waals surface area (Å²) in [5.74, 6) is -1.58. The fourth-order valence-corrected chi connectivity index (χ4v) is 7.93. The molecule has 260 valence electrons. The lowest BCUT2D eigenvalue weighted by Crippen LogP contribution is -2.63. The van der Waals surface area contributed by atoms with Gasteiger partial charge in [0.1, 0.15) is 5.60 Å². The van der Waals surface area contributed by atoms with Gasteiger partial charge in [0.15, 0.2) is 0 Å². The molecule has 0 bridgehead atoms. The Balaban J connectivity index is 0.000000617. The number of aromatic nitrogens is 2. The standard InChI is InChI=1S/C31H51N5O3.C2HF3O2/c1-5-6-12-26-22-35(21-25-10-8-7-9-11-25)29(38)39-31(26)15-19-36(20-16-31)30(4)13-17-34(18-14-30)28(37)27-23(2)32-33-24(27)3;3-2(4,5)1(6)7/h25-26H,5-22H2,1-4H3,(H,32,33);(H,6,7). The molecule has 5 rings (SSSR count). The molecule has 1 spiro atoms. The number of likely N-dealkylation sites (tertiary alicyclic amines) is 2. The van der Waals surface area contributed by atoms with Gasteiger partial charge in [-0.1, -0.05) is 39.0 Å². The van der Waals surface area contributed by atoms with Crippen molar-refractivity contribution in [2.75, 3.05) is 39.3 Å². The summed E-state index contributed by atoms with van der Waals surface area (Å²) >= 11 is 0. The van der Waals surface area contributed by atoms with Crippen LogP contribution in [0.15, 0.2) is 0 Å². The summed E-state index contributed by atoms with van der Waals surface area (Å²) in [5, 5.41) is 14.3. The number of H-pyrrole nitrogens is 1. The van der Waals surface area contributed by atoms with Gasteiger partial charge in [-0.2, -0.15) is 18.3 Å². The third-order valence-corrected chi connectivity index (χ3v) is 10.9. The monoisotopic (exact) mass is 655 g/mol. The average molecular weight is 656 g/mol. The summed E-state index contributed by atoms with van der Waals surface area (Å²) in [7, 11) is 0. The predicted octanol–water partition coefficient (Wildman–Crippen LogP) is 6.33. The minimum Gasteiger partial charge on any atom is -0.475 e. The van der Waals surface area contributed by atoms with Gasteiger partial charge in [0.25, 0.3) is 5.91 Å². The van der Waals surface area contributed by atoms with E-state index in [9.17, 15) is 22.8 Å². The Labute approximate surface area is 270 Å². The largest absolute Gasteiger partial charge is 0.490 e. The zero-order chi connectivity index (χ0) is 33.7. The van der Waals surface area contributed by atoms with E-state index >= 15 is 0 Å². The van der Waals surface area contributed by atoms with Crippen molar-refractivity contribution < 1.29 is 37.4 Å². The number of hydrogen-bond donors (Lipinski definition) is 2. The molecule has 2 amide bonds. The minimum atomic E-state index is -5.08. The number of nitrogens with zero attached hydrogens (tertiary/aromatic N) is 4.